The molecule has 0 radical (unpaired) electrons. The number of ether oxygens (including phenoxy) is 1. The highest BCUT2D eigenvalue weighted by Crippen LogP contribution is 2.52. The smallest absolute Gasteiger partial charge is 0.0714 e. The Morgan fingerprint density at radius 3 is 2.33 bits per heavy atom. The Morgan fingerprint density at radius 1 is 1.11 bits per heavy atom. The van der Waals surface area contributed by atoms with E-state index in [0.29, 0.717) is 12.1 Å². The fourth-order valence-electron chi connectivity index (χ4n) is 4.70. The van der Waals surface area contributed by atoms with Crippen LogP contribution in [-0.2, 0) is 4.74 Å². The Labute approximate surface area is 112 Å². The van der Waals surface area contributed by atoms with E-state index in [0.717, 1.165) is 17.8 Å². The number of likely N-dealkylation sites (tertiary alicyclic amines) is 1. The lowest BCUT2D eigenvalue weighted by Gasteiger charge is -2.41. The van der Waals surface area contributed by atoms with Gasteiger partial charge in [0.15, 0.2) is 0 Å². The van der Waals surface area contributed by atoms with Crippen molar-refractivity contribution in [1.29, 1.82) is 0 Å². The Kier molecular flexibility index (Phi) is 3.22. The molecule has 0 amide bonds. The molecule has 2 nitrogen and oxygen atoms in total. The van der Waals surface area contributed by atoms with E-state index in [4.69, 9.17) is 4.74 Å². The summed E-state index contributed by atoms with van der Waals surface area (Å²) in [5.74, 6) is 2.52. The van der Waals surface area contributed by atoms with Gasteiger partial charge < -0.3 is 9.64 Å². The van der Waals surface area contributed by atoms with Crippen molar-refractivity contribution in [3.8, 4) is 0 Å². The highest BCUT2D eigenvalue weighted by Gasteiger charge is 2.53. The minimum Gasteiger partial charge on any atom is -0.371 e. The molecule has 1 aliphatic carbocycles. The maximum absolute atomic E-state index is 6.60. The van der Waals surface area contributed by atoms with Crippen LogP contribution in [0.2, 0.25) is 0 Å². The van der Waals surface area contributed by atoms with Gasteiger partial charge in [0.1, 0.15) is 0 Å². The predicted octanol–water partition coefficient (Wildman–Crippen LogP) is 3.31. The highest BCUT2D eigenvalue weighted by molar-refractivity contribution is 5.03. The zero-order valence-corrected chi connectivity index (χ0v) is 12.5. The van der Waals surface area contributed by atoms with Gasteiger partial charge >= 0.3 is 0 Å². The van der Waals surface area contributed by atoms with Gasteiger partial charge in [0.2, 0.25) is 0 Å². The molecule has 3 rings (SSSR count). The summed E-state index contributed by atoms with van der Waals surface area (Å²) in [5, 5.41) is 0. The molecule has 18 heavy (non-hydrogen) atoms. The molecule has 1 saturated carbocycles. The summed E-state index contributed by atoms with van der Waals surface area (Å²) >= 11 is 0. The van der Waals surface area contributed by atoms with Crippen molar-refractivity contribution in [1.82, 2.24) is 4.90 Å². The molecule has 2 aliphatic heterocycles. The molecule has 0 aromatic heterocycles. The van der Waals surface area contributed by atoms with Crippen molar-refractivity contribution in [2.24, 2.45) is 17.8 Å². The SMILES string of the molecule is CC1CC(C)C2OC3(CCN(C(C)C)CC3)CC12. The maximum Gasteiger partial charge on any atom is 0.0714 e. The van der Waals surface area contributed by atoms with E-state index in [1.807, 2.05) is 0 Å². The number of nitrogens with zero attached hydrogens (tertiary/aromatic N) is 1. The van der Waals surface area contributed by atoms with Crippen LogP contribution in [0.3, 0.4) is 0 Å². The van der Waals surface area contributed by atoms with Gasteiger partial charge in [-0.15, -0.1) is 0 Å². The molecule has 0 N–H and O–H groups in total. The minimum atomic E-state index is 0.254. The van der Waals surface area contributed by atoms with E-state index in [9.17, 15) is 0 Å². The van der Waals surface area contributed by atoms with Crippen LogP contribution in [0.15, 0.2) is 0 Å². The number of fused-ring (bicyclic) bond motifs is 1. The lowest BCUT2D eigenvalue weighted by Crippen LogP contribution is -2.47. The van der Waals surface area contributed by atoms with Crippen LogP contribution in [-0.4, -0.2) is 35.7 Å². The molecule has 3 aliphatic rings. The molecule has 104 valence electrons. The van der Waals surface area contributed by atoms with Crippen molar-refractivity contribution in [2.45, 2.75) is 71.1 Å². The lowest BCUT2D eigenvalue weighted by atomic mass is 9.81. The summed E-state index contributed by atoms with van der Waals surface area (Å²) in [4.78, 5) is 2.61. The topological polar surface area (TPSA) is 12.5 Å². The Morgan fingerprint density at radius 2 is 1.78 bits per heavy atom. The molecule has 0 aromatic rings. The average Bonchev–Trinajstić information content (AvgIpc) is 2.80. The molecule has 1 spiro atoms. The Bertz CT molecular complexity index is 288. The molecule has 0 aromatic carbocycles. The first kappa shape index (κ1) is 12.9. The number of piperidine rings is 1. The second-order valence-corrected chi connectivity index (χ2v) is 7.45. The van der Waals surface area contributed by atoms with Gasteiger partial charge in [0.05, 0.1) is 11.7 Å². The van der Waals surface area contributed by atoms with Crippen LogP contribution in [0, 0.1) is 17.8 Å². The van der Waals surface area contributed by atoms with E-state index in [1.165, 1.54) is 38.8 Å². The molecule has 2 heterocycles. The largest absolute Gasteiger partial charge is 0.371 e. The molecule has 2 heteroatoms. The van der Waals surface area contributed by atoms with Gasteiger partial charge in [-0.3, -0.25) is 0 Å². The molecular formula is C16H29NO. The van der Waals surface area contributed by atoms with Crippen LogP contribution in [0.5, 0.6) is 0 Å². The van der Waals surface area contributed by atoms with Crippen LogP contribution in [0.25, 0.3) is 0 Å². The second kappa shape index (κ2) is 4.49. The van der Waals surface area contributed by atoms with Crippen molar-refractivity contribution in [2.75, 3.05) is 13.1 Å². The molecule has 4 atom stereocenters. The standard InChI is InChI=1S/C16H29NO/c1-11(2)17-7-5-16(6-8-17)10-14-12(3)9-13(4)15(14)18-16/h11-15H,5-10H2,1-4H3. The molecular weight excluding hydrogens is 222 g/mol. The van der Waals surface area contributed by atoms with E-state index >= 15 is 0 Å². The van der Waals surface area contributed by atoms with E-state index < -0.39 is 0 Å². The number of hydrogen-bond acceptors (Lipinski definition) is 2. The summed E-state index contributed by atoms with van der Waals surface area (Å²) in [6.07, 6.45) is 5.82. The first-order chi connectivity index (χ1) is 8.51. The highest BCUT2D eigenvalue weighted by atomic mass is 16.5. The lowest BCUT2D eigenvalue weighted by molar-refractivity contribution is -0.0922. The molecule has 2 saturated heterocycles. The summed E-state index contributed by atoms with van der Waals surface area (Å²) in [5.41, 5.74) is 0.254. The Balaban J connectivity index is 1.66. The van der Waals surface area contributed by atoms with E-state index in [-0.39, 0.29) is 5.60 Å². The van der Waals surface area contributed by atoms with Crippen LogP contribution in [0.1, 0.15) is 53.4 Å². The summed E-state index contributed by atoms with van der Waals surface area (Å²) in [6, 6.07) is 0.695. The van der Waals surface area contributed by atoms with Gasteiger partial charge in [0.25, 0.3) is 0 Å². The van der Waals surface area contributed by atoms with E-state index in [1.54, 1.807) is 0 Å². The molecule has 3 fully saturated rings. The first-order valence-corrected chi connectivity index (χ1v) is 7.93. The summed E-state index contributed by atoms with van der Waals surface area (Å²) in [7, 11) is 0. The summed E-state index contributed by atoms with van der Waals surface area (Å²) in [6.45, 7) is 11.9. The van der Waals surface area contributed by atoms with E-state index in [2.05, 4.69) is 32.6 Å². The van der Waals surface area contributed by atoms with Crippen LogP contribution < -0.4 is 0 Å². The molecule has 0 bridgehead atoms. The quantitative estimate of drug-likeness (QED) is 0.709. The predicted molar refractivity (Wildman–Crippen MR) is 74.6 cm³/mol. The maximum atomic E-state index is 6.60. The fourth-order valence-corrected chi connectivity index (χ4v) is 4.70. The fraction of sp³-hybridized carbons (Fsp3) is 1.00. The normalized spacial score (nSPS) is 43.8. The van der Waals surface area contributed by atoms with Gasteiger partial charge in [-0.25, -0.2) is 0 Å². The zero-order chi connectivity index (χ0) is 12.9. The molecule has 4 unspecified atom stereocenters. The van der Waals surface area contributed by atoms with Crippen LogP contribution >= 0.6 is 0 Å². The number of rotatable bonds is 1. The van der Waals surface area contributed by atoms with Gasteiger partial charge in [-0.2, -0.15) is 0 Å². The monoisotopic (exact) mass is 251 g/mol. The van der Waals surface area contributed by atoms with Crippen LogP contribution in [0.4, 0.5) is 0 Å². The van der Waals surface area contributed by atoms with Crippen molar-refractivity contribution >= 4 is 0 Å². The summed E-state index contributed by atoms with van der Waals surface area (Å²) < 4.78 is 6.60. The number of hydrogen-bond donors (Lipinski definition) is 0. The van der Waals surface area contributed by atoms with Crippen molar-refractivity contribution < 1.29 is 4.74 Å². The van der Waals surface area contributed by atoms with Gasteiger partial charge in [0, 0.05) is 19.1 Å². The van der Waals surface area contributed by atoms with Gasteiger partial charge in [-0.1, -0.05) is 13.8 Å². The zero-order valence-electron chi connectivity index (χ0n) is 12.5. The average molecular weight is 251 g/mol. The minimum absolute atomic E-state index is 0.254. The third-order valence-corrected chi connectivity index (χ3v) is 5.89. The van der Waals surface area contributed by atoms with Crippen molar-refractivity contribution in [3.05, 3.63) is 0 Å². The van der Waals surface area contributed by atoms with Crippen molar-refractivity contribution in [3.63, 3.8) is 0 Å². The third kappa shape index (κ3) is 2.02. The second-order valence-electron chi connectivity index (χ2n) is 7.45. The third-order valence-electron chi connectivity index (χ3n) is 5.89. The first-order valence-electron chi connectivity index (χ1n) is 7.93. The Hall–Kier alpha value is -0.0800. The van der Waals surface area contributed by atoms with Gasteiger partial charge in [-0.05, 0) is 57.3 Å².